The Morgan fingerprint density at radius 3 is 2.52 bits per heavy atom. The number of aliphatic imine (C=N–C) groups is 1. The Kier molecular flexibility index (Phi) is 9.64. The second-order valence-corrected chi connectivity index (χ2v) is 6.83. The van der Waals surface area contributed by atoms with Crippen molar-refractivity contribution in [3.8, 4) is 22.8 Å². The lowest BCUT2D eigenvalue weighted by molar-refractivity contribution is 0.354. The lowest BCUT2D eigenvalue weighted by Crippen LogP contribution is -2.38. The number of benzene rings is 2. The van der Waals surface area contributed by atoms with Crippen molar-refractivity contribution < 1.29 is 9.47 Å². The molecule has 2 N–H and O–H groups in total. The van der Waals surface area contributed by atoms with Gasteiger partial charge in [-0.1, -0.05) is 36.4 Å². The van der Waals surface area contributed by atoms with E-state index in [9.17, 15) is 0 Å². The molecular weight excluding hydrogens is 505 g/mol. The van der Waals surface area contributed by atoms with Crippen LogP contribution in [-0.4, -0.2) is 48.6 Å². The molecule has 31 heavy (non-hydrogen) atoms. The van der Waals surface area contributed by atoms with Gasteiger partial charge in [-0.3, -0.25) is 0 Å². The Labute approximate surface area is 200 Å². The van der Waals surface area contributed by atoms with E-state index in [0.29, 0.717) is 24.6 Å². The van der Waals surface area contributed by atoms with E-state index < -0.39 is 0 Å². The van der Waals surface area contributed by atoms with Gasteiger partial charge in [0, 0.05) is 13.6 Å². The number of nitrogens with zero attached hydrogens (tertiary/aromatic N) is 3. The number of H-pyrrole nitrogens is 1. The van der Waals surface area contributed by atoms with Crippen LogP contribution in [0.15, 0.2) is 59.7 Å². The first-order valence-electron chi connectivity index (χ1n) is 9.94. The van der Waals surface area contributed by atoms with Crippen LogP contribution in [0.4, 0.5) is 0 Å². The molecule has 3 aromatic rings. The Morgan fingerprint density at radius 1 is 1.10 bits per heavy atom. The van der Waals surface area contributed by atoms with Gasteiger partial charge in [0.1, 0.15) is 5.82 Å². The maximum Gasteiger partial charge on any atom is 0.194 e. The number of hydrogen-bond acceptors (Lipinski definition) is 4. The summed E-state index contributed by atoms with van der Waals surface area (Å²) >= 11 is 0. The van der Waals surface area contributed by atoms with Crippen LogP contribution in [0, 0.1) is 0 Å². The number of imidazole rings is 1. The summed E-state index contributed by atoms with van der Waals surface area (Å²) in [7, 11) is 5.27. The van der Waals surface area contributed by atoms with E-state index in [1.54, 1.807) is 14.2 Å². The van der Waals surface area contributed by atoms with Crippen molar-refractivity contribution in [2.45, 2.75) is 20.0 Å². The van der Waals surface area contributed by atoms with Crippen LogP contribution in [0.2, 0.25) is 0 Å². The molecule has 2 aromatic carbocycles. The van der Waals surface area contributed by atoms with Gasteiger partial charge in [-0.25, -0.2) is 9.98 Å². The van der Waals surface area contributed by atoms with Gasteiger partial charge < -0.3 is 24.7 Å². The predicted molar refractivity (Wildman–Crippen MR) is 135 cm³/mol. The number of ether oxygens (including phenoxy) is 2. The monoisotopic (exact) mass is 535 g/mol. The maximum absolute atomic E-state index is 5.38. The molecule has 0 saturated heterocycles. The Bertz CT molecular complexity index is 975. The molecule has 0 unspecified atom stereocenters. The summed E-state index contributed by atoms with van der Waals surface area (Å²) in [6, 6.07) is 16.0. The third-order valence-corrected chi connectivity index (χ3v) is 4.66. The van der Waals surface area contributed by atoms with Gasteiger partial charge in [0.2, 0.25) is 0 Å². The first kappa shape index (κ1) is 24.5. The molecule has 0 spiro atoms. The van der Waals surface area contributed by atoms with Crippen molar-refractivity contribution in [1.29, 1.82) is 0 Å². The zero-order valence-electron chi connectivity index (χ0n) is 18.4. The van der Waals surface area contributed by atoms with E-state index >= 15 is 0 Å². The molecule has 0 aliphatic carbocycles. The van der Waals surface area contributed by atoms with Crippen molar-refractivity contribution in [1.82, 2.24) is 20.2 Å². The number of methoxy groups -OCH3 is 2. The van der Waals surface area contributed by atoms with Crippen molar-refractivity contribution in [3.05, 3.63) is 66.1 Å². The summed E-state index contributed by atoms with van der Waals surface area (Å²) < 4.78 is 10.7. The molecule has 0 aliphatic heterocycles. The quantitative estimate of drug-likeness (QED) is 0.256. The van der Waals surface area contributed by atoms with Crippen molar-refractivity contribution >= 4 is 29.9 Å². The fraction of sp³-hybridized carbons (Fsp3) is 0.304. The highest BCUT2D eigenvalue weighted by Crippen LogP contribution is 2.27. The van der Waals surface area contributed by atoms with Gasteiger partial charge in [-0.05, 0) is 30.2 Å². The van der Waals surface area contributed by atoms with Crippen LogP contribution in [0.25, 0.3) is 11.3 Å². The van der Waals surface area contributed by atoms with Crippen LogP contribution in [0.3, 0.4) is 0 Å². The highest BCUT2D eigenvalue weighted by Gasteiger charge is 2.11. The van der Waals surface area contributed by atoms with Crippen molar-refractivity contribution in [2.75, 3.05) is 27.8 Å². The van der Waals surface area contributed by atoms with E-state index in [4.69, 9.17) is 14.5 Å². The van der Waals surface area contributed by atoms with Crippen LogP contribution < -0.4 is 14.8 Å². The number of guanidine groups is 1. The van der Waals surface area contributed by atoms with E-state index in [1.807, 2.05) is 49.6 Å². The second kappa shape index (κ2) is 12.2. The summed E-state index contributed by atoms with van der Waals surface area (Å²) in [6.45, 7) is 3.98. The molecule has 0 radical (unpaired) electrons. The van der Waals surface area contributed by atoms with E-state index in [0.717, 1.165) is 35.1 Å². The first-order chi connectivity index (χ1) is 14.6. The predicted octanol–water partition coefficient (Wildman–Crippen LogP) is 4.31. The lowest BCUT2D eigenvalue weighted by atomic mass is 10.2. The van der Waals surface area contributed by atoms with E-state index in [1.165, 1.54) is 0 Å². The minimum atomic E-state index is 0. The van der Waals surface area contributed by atoms with Crippen molar-refractivity contribution in [2.24, 2.45) is 4.99 Å². The highest BCUT2D eigenvalue weighted by molar-refractivity contribution is 14.0. The van der Waals surface area contributed by atoms with E-state index in [2.05, 4.69) is 39.2 Å². The molecule has 0 bridgehead atoms. The number of hydrogen-bond donors (Lipinski definition) is 2. The van der Waals surface area contributed by atoms with Crippen LogP contribution in [0.5, 0.6) is 11.5 Å². The summed E-state index contributed by atoms with van der Waals surface area (Å²) in [5.41, 5.74) is 3.17. The average Bonchev–Trinajstić information content (AvgIpc) is 3.25. The van der Waals surface area contributed by atoms with Crippen LogP contribution in [-0.2, 0) is 13.1 Å². The molecule has 166 valence electrons. The molecule has 0 fully saturated rings. The number of aromatic nitrogens is 2. The average molecular weight is 535 g/mol. The zero-order chi connectivity index (χ0) is 21.3. The zero-order valence-corrected chi connectivity index (χ0v) is 20.7. The minimum Gasteiger partial charge on any atom is -0.493 e. The number of aromatic amines is 1. The smallest absolute Gasteiger partial charge is 0.194 e. The number of nitrogens with one attached hydrogen (secondary N) is 2. The number of halogens is 1. The molecule has 3 rings (SSSR count). The SMILES string of the molecule is CCNC(=NCc1ccc(OC)c(OC)c1)N(C)Cc1ncc(-c2ccccc2)[nH]1.I. The van der Waals surface area contributed by atoms with Gasteiger partial charge in [0.05, 0.1) is 39.2 Å². The van der Waals surface area contributed by atoms with Crippen LogP contribution in [0.1, 0.15) is 18.3 Å². The third-order valence-electron chi connectivity index (χ3n) is 4.66. The van der Waals surface area contributed by atoms with Gasteiger partial charge >= 0.3 is 0 Å². The molecule has 0 aliphatic rings. The topological polar surface area (TPSA) is 74.8 Å². The summed E-state index contributed by atoms with van der Waals surface area (Å²) in [5, 5.41) is 3.34. The maximum atomic E-state index is 5.38. The highest BCUT2D eigenvalue weighted by atomic mass is 127. The van der Waals surface area contributed by atoms with Gasteiger partial charge in [-0.2, -0.15) is 0 Å². The summed E-state index contributed by atoms with van der Waals surface area (Å²) in [6.07, 6.45) is 1.87. The van der Waals surface area contributed by atoms with Crippen molar-refractivity contribution in [3.63, 3.8) is 0 Å². The molecule has 1 aromatic heterocycles. The minimum absolute atomic E-state index is 0. The molecule has 0 saturated carbocycles. The molecule has 8 heteroatoms. The van der Waals surface area contributed by atoms with Gasteiger partial charge in [-0.15, -0.1) is 24.0 Å². The second-order valence-electron chi connectivity index (χ2n) is 6.83. The third kappa shape index (κ3) is 6.61. The fourth-order valence-corrected chi connectivity index (χ4v) is 3.12. The molecule has 7 nitrogen and oxygen atoms in total. The Hall–Kier alpha value is -2.75. The first-order valence-corrected chi connectivity index (χ1v) is 9.94. The normalized spacial score (nSPS) is 10.9. The summed E-state index contributed by atoms with van der Waals surface area (Å²) in [5.74, 6) is 3.10. The Balaban J connectivity index is 0.00000341. The number of rotatable bonds is 8. The van der Waals surface area contributed by atoms with Gasteiger partial charge in [0.25, 0.3) is 0 Å². The molecular formula is C23H30IN5O2. The largest absolute Gasteiger partial charge is 0.493 e. The lowest BCUT2D eigenvalue weighted by Gasteiger charge is -2.21. The van der Waals surface area contributed by atoms with Gasteiger partial charge in [0.15, 0.2) is 17.5 Å². The molecule has 0 atom stereocenters. The van der Waals surface area contributed by atoms with Crippen LogP contribution >= 0.6 is 24.0 Å². The molecule has 0 amide bonds. The Morgan fingerprint density at radius 2 is 1.84 bits per heavy atom. The summed E-state index contributed by atoms with van der Waals surface area (Å²) in [4.78, 5) is 14.7. The fourth-order valence-electron chi connectivity index (χ4n) is 3.12. The van der Waals surface area contributed by atoms with E-state index in [-0.39, 0.29) is 24.0 Å². The molecule has 1 heterocycles. The standard InChI is InChI=1S/C23H29N5O2.HI/c1-5-24-23(26-14-17-11-12-20(29-3)21(13-17)30-4)28(2)16-22-25-15-19(27-22)18-9-7-6-8-10-18;/h6-13,15H,5,14,16H2,1-4H3,(H,24,26)(H,25,27);1H.